The smallest absolute Gasteiger partial charge is 0.252 e. The standard InChI is InChI=1S/C11H16N2O3S2/c1-2-10(14)12-5-7-13(8-6-12)18(15,16)11-4-3-9-17-11/h3-4,9H,2,5-8H2,1H3. The second kappa shape index (κ2) is 5.38. The first-order chi connectivity index (χ1) is 8.55. The summed E-state index contributed by atoms with van der Waals surface area (Å²) in [6, 6.07) is 3.35. The third-order valence-corrected chi connectivity index (χ3v) is 6.25. The average Bonchev–Trinajstić information content (AvgIpc) is 2.92. The Labute approximate surface area is 111 Å². The van der Waals surface area contributed by atoms with Gasteiger partial charge in [0.25, 0.3) is 10.0 Å². The minimum absolute atomic E-state index is 0.0863. The van der Waals surface area contributed by atoms with Gasteiger partial charge in [-0.25, -0.2) is 8.42 Å². The summed E-state index contributed by atoms with van der Waals surface area (Å²) >= 11 is 1.22. The molecule has 2 heterocycles. The number of thiophene rings is 1. The van der Waals surface area contributed by atoms with Crippen LogP contribution in [0.25, 0.3) is 0 Å². The van der Waals surface area contributed by atoms with E-state index in [4.69, 9.17) is 0 Å². The van der Waals surface area contributed by atoms with Crippen molar-refractivity contribution >= 4 is 27.3 Å². The number of amides is 1. The number of rotatable bonds is 3. The van der Waals surface area contributed by atoms with E-state index in [1.54, 1.807) is 22.4 Å². The van der Waals surface area contributed by atoms with Crippen LogP contribution in [0.4, 0.5) is 0 Å². The second-order valence-electron chi connectivity index (χ2n) is 4.07. The molecule has 1 aromatic heterocycles. The molecule has 1 aliphatic rings. The molecule has 1 fully saturated rings. The maximum absolute atomic E-state index is 12.2. The monoisotopic (exact) mass is 288 g/mol. The van der Waals surface area contributed by atoms with Crippen molar-refractivity contribution in [2.75, 3.05) is 26.2 Å². The van der Waals surface area contributed by atoms with Gasteiger partial charge in [-0.3, -0.25) is 4.79 Å². The molecule has 0 bridgehead atoms. The number of sulfonamides is 1. The zero-order chi connectivity index (χ0) is 13.2. The normalized spacial score (nSPS) is 17.9. The third kappa shape index (κ3) is 2.57. The van der Waals surface area contributed by atoms with Crippen LogP contribution in [0.3, 0.4) is 0 Å². The van der Waals surface area contributed by atoms with E-state index in [0.717, 1.165) is 0 Å². The molecule has 1 amide bonds. The van der Waals surface area contributed by atoms with E-state index in [0.29, 0.717) is 36.8 Å². The third-order valence-electron chi connectivity index (χ3n) is 2.98. The minimum atomic E-state index is -3.36. The van der Waals surface area contributed by atoms with Crippen LogP contribution in [0.15, 0.2) is 21.7 Å². The van der Waals surface area contributed by atoms with E-state index in [9.17, 15) is 13.2 Å². The van der Waals surface area contributed by atoms with E-state index in [2.05, 4.69) is 0 Å². The Balaban J connectivity index is 2.04. The molecule has 0 atom stereocenters. The molecule has 0 N–H and O–H groups in total. The van der Waals surface area contributed by atoms with Crippen LogP contribution in [0.5, 0.6) is 0 Å². The van der Waals surface area contributed by atoms with E-state index < -0.39 is 10.0 Å². The fourth-order valence-electron chi connectivity index (χ4n) is 1.94. The first-order valence-electron chi connectivity index (χ1n) is 5.87. The summed E-state index contributed by atoms with van der Waals surface area (Å²) in [6.07, 6.45) is 0.470. The van der Waals surface area contributed by atoms with Crippen LogP contribution < -0.4 is 0 Å². The van der Waals surface area contributed by atoms with Crippen LogP contribution in [0, 0.1) is 0 Å². The highest BCUT2D eigenvalue weighted by atomic mass is 32.2. The van der Waals surface area contributed by atoms with Crippen LogP contribution in [0.1, 0.15) is 13.3 Å². The van der Waals surface area contributed by atoms with E-state index in [-0.39, 0.29) is 5.91 Å². The summed E-state index contributed by atoms with van der Waals surface area (Å²) in [4.78, 5) is 13.2. The maximum atomic E-state index is 12.2. The first-order valence-corrected chi connectivity index (χ1v) is 8.19. The predicted octanol–water partition coefficient (Wildman–Crippen LogP) is 0.991. The van der Waals surface area contributed by atoms with Gasteiger partial charge in [-0.2, -0.15) is 4.31 Å². The van der Waals surface area contributed by atoms with E-state index in [1.807, 2.05) is 6.92 Å². The molecule has 100 valence electrons. The van der Waals surface area contributed by atoms with Crippen LogP contribution in [0.2, 0.25) is 0 Å². The molecular formula is C11H16N2O3S2. The molecule has 0 unspecified atom stereocenters. The molecule has 5 nitrogen and oxygen atoms in total. The molecule has 0 saturated carbocycles. The summed E-state index contributed by atoms with van der Waals surface area (Å²) < 4.78 is 26.3. The van der Waals surface area contributed by atoms with Crippen molar-refractivity contribution in [1.82, 2.24) is 9.21 Å². The summed E-state index contributed by atoms with van der Waals surface area (Å²) in [7, 11) is -3.36. The van der Waals surface area contributed by atoms with E-state index >= 15 is 0 Å². The van der Waals surface area contributed by atoms with Gasteiger partial charge in [-0.15, -0.1) is 11.3 Å². The molecular weight excluding hydrogens is 272 g/mol. The average molecular weight is 288 g/mol. The van der Waals surface area contributed by atoms with Gasteiger partial charge in [-0.1, -0.05) is 13.0 Å². The van der Waals surface area contributed by atoms with Crippen molar-refractivity contribution in [2.45, 2.75) is 17.6 Å². The Morgan fingerprint density at radius 2 is 2.00 bits per heavy atom. The Morgan fingerprint density at radius 1 is 1.33 bits per heavy atom. The molecule has 18 heavy (non-hydrogen) atoms. The lowest BCUT2D eigenvalue weighted by Crippen LogP contribution is -2.50. The van der Waals surface area contributed by atoms with Gasteiger partial charge in [0, 0.05) is 32.6 Å². The molecule has 1 aliphatic heterocycles. The Hall–Kier alpha value is -0.920. The highest BCUT2D eigenvalue weighted by Gasteiger charge is 2.30. The maximum Gasteiger partial charge on any atom is 0.252 e. The SMILES string of the molecule is CCC(=O)N1CCN(S(=O)(=O)c2cccs2)CC1. The van der Waals surface area contributed by atoms with Crippen molar-refractivity contribution < 1.29 is 13.2 Å². The second-order valence-corrected chi connectivity index (χ2v) is 7.18. The van der Waals surface area contributed by atoms with Crippen molar-refractivity contribution in [3.8, 4) is 0 Å². The number of carbonyl (C=O) groups excluding carboxylic acids is 1. The van der Waals surface area contributed by atoms with Gasteiger partial charge in [0.2, 0.25) is 5.91 Å². The summed E-state index contributed by atoms with van der Waals surface area (Å²) in [6.45, 7) is 3.55. The topological polar surface area (TPSA) is 57.7 Å². The lowest BCUT2D eigenvalue weighted by atomic mass is 10.3. The molecule has 1 saturated heterocycles. The van der Waals surface area contributed by atoms with Gasteiger partial charge < -0.3 is 4.90 Å². The number of carbonyl (C=O) groups is 1. The molecule has 2 rings (SSSR count). The number of nitrogens with zero attached hydrogens (tertiary/aromatic N) is 2. The Kier molecular flexibility index (Phi) is 4.04. The molecule has 7 heteroatoms. The predicted molar refractivity (Wildman–Crippen MR) is 69.9 cm³/mol. The molecule has 1 aromatic rings. The molecule has 0 radical (unpaired) electrons. The number of hydrogen-bond donors (Lipinski definition) is 0. The number of hydrogen-bond acceptors (Lipinski definition) is 4. The fourth-order valence-corrected chi connectivity index (χ4v) is 4.51. The minimum Gasteiger partial charge on any atom is -0.340 e. The van der Waals surface area contributed by atoms with E-state index in [1.165, 1.54) is 15.6 Å². The number of piperazine rings is 1. The van der Waals surface area contributed by atoms with Gasteiger partial charge in [0.1, 0.15) is 4.21 Å². The zero-order valence-corrected chi connectivity index (χ0v) is 11.8. The van der Waals surface area contributed by atoms with Gasteiger partial charge in [0.05, 0.1) is 0 Å². The van der Waals surface area contributed by atoms with Crippen molar-refractivity contribution in [3.63, 3.8) is 0 Å². The van der Waals surface area contributed by atoms with Crippen LogP contribution in [-0.4, -0.2) is 49.7 Å². The quantitative estimate of drug-likeness (QED) is 0.833. The lowest BCUT2D eigenvalue weighted by molar-refractivity contribution is -0.132. The van der Waals surface area contributed by atoms with Crippen molar-refractivity contribution in [3.05, 3.63) is 17.5 Å². The largest absolute Gasteiger partial charge is 0.340 e. The van der Waals surface area contributed by atoms with Gasteiger partial charge >= 0.3 is 0 Å². The van der Waals surface area contributed by atoms with Crippen LogP contribution in [-0.2, 0) is 14.8 Å². The van der Waals surface area contributed by atoms with Crippen LogP contribution >= 0.6 is 11.3 Å². The lowest BCUT2D eigenvalue weighted by Gasteiger charge is -2.33. The molecule has 0 spiro atoms. The Morgan fingerprint density at radius 3 is 2.50 bits per heavy atom. The summed E-state index contributed by atoms with van der Waals surface area (Å²) in [5.41, 5.74) is 0. The first kappa shape index (κ1) is 13.5. The Bertz CT molecular complexity index is 502. The highest BCUT2D eigenvalue weighted by Crippen LogP contribution is 2.22. The summed E-state index contributed by atoms with van der Waals surface area (Å²) in [5.74, 6) is 0.0863. The zero-order valence-electron chi connectivity index (χ0n) is 10.2. The van der Waals surface area contributed by atoms with Crippen molar-refractivity contribution in [1.29, 1.82) is 0 Å². The van der Waals surface area contributed by atoms with Crippen molar-refractivity contribution in [2.24, 2.45) is 0 Å². The fraction of sp³-hybridized carbons (Fsp3) is 0.545. The summed E-state index contributed by atoms with van der Waals surface area (Å²) in [5, 5.41) is 1.75. The molecule has 0 aromatic carbocycles. The van der Waals surface area contributed by atoms with Gasteiger partial charge in [-0.05, 0) is 11.4 Å². The molecule has 0 aliphatic carbocycles. The van der Waals surface area contributed by atoms with Gasteiger partial charge in [0.15, 0.2) is 0 Å². The highest BCUT2D eigenvalue weighted by molar-refractivity contribution is 7.91.